The van der Waals surface area contributed by atoms with Crippen molar-refractivity contribution in [3.8, 4) is 0 Å². The van der Waals surface area contributed by atoms with E-state index in [2.05, 4.69) is 41.6 Å². The minimum atomic E-state index is 0.114. The van der Waals surface area contributed by atoms with Crippen LogP contribution in [-0.4, -0.2) is 28.9 Å². The molecule has 5 heteroatoms. The van der Waals surface area contributed by atoms with Crippen LogP contribution in [-0.2, 0) is 11.3 Å². The SMILES string of the molecule is CC(C)c1nc(CN2CCNC(=O)C[C@@H]2c2ccccc2)cs1. The van der Waals surface area contributed by atoms with E-state index in [1.807, 2.05) is 18.2 Å². The largest absolute Gasteiger partial charge is 0.355 e. The zero-order valence-electron chi connectivity index (χ0n) is 13.7. The normalized spacial score (nSPS) is 19.6. The summed E-state index contributed by atoms with van der Waals surface area (Å²) in [6.07, 6.45) is 0.505. The molecule has 1 aromatic heterocycles. The van der Waals surface area contributed by atoms with Gasteiger partial charge in [-0.2, -0.15) is 0 Å². The number of nitrogens with one attached hydrogen (secondary N) is 1. The number of benzene rings is 1. The van der Waals surface area contributed by atoms with Gasteiger partial charge in [-0.3, -0.25) is 9.69 Å². The van der Waals surface area contributed by atoms with Crippen LogP contribution >= 0.6 is 11.3 Å². The molecule has 1 N–H and O–H groups in total. The number of aromatic nitrogens is 1. The van der Waals surface area contributed by atoms with Crippen molar-refractivity contribution in [3.05, 3.63) is 52.0 Å². The molecule has 122 valence electrons. The fourth-order valence-electron chi connectivity index (χ4n) is 2.93. The van der Waals surface area contributed by atoms with Gasteiger partial charge in [-0.1, -0.05) is 44.2 Å². The molecule has 1 aromatic carbocycles. The van der Waals surface area contributed by atoms with Gasteiger partial charge < -0.3 is 5.32 Å². The molecule has 1 aliphatic rings. The Bertz CT molecular complexity index is 653. The van der Waals surface area contributed by atoms with Crippen LogP contribution in [0.4, 0.5) is 0 Å². The van der Waals surface area contributed by atoms with Crippen LogP contribution in [0.15, 0.2) is 35.7 Å². The monoisotopic (exact) mass is 329 g/mol. The molecular weight excluding hydrogens is 306 g/mol. The maximum Gasteiger partial charge on any atom is 0.221 e. The number of amides is 1. The van der Waals surface area contributed by atoms with Gasteiger partial charge in [0.1, 0.15) is 0 Å². The Kier molecular flexibility index (Phi) is 5.08. The third-order valence-electron chi connectivity index (χ3n) is 4.15. The van der Waals surface area contributed by atoms with Crippen LogP contribution in [0, 0.1) is 0 Å². The molecule has 0 radical (unpaired) electrons. The second-order valence-electron chi connectivity index (χ2n) is 6.28. The van der Waals surface area contributed by atoms with Crippen LogP contribution in [0.3, 0.4) is 0 Å². The first-order valence-corrected chi connectivity index (χ1v) is 9.01. The fraction of sp³-hybridized carbons (Fsp3) is 0.444. The van der Waals surface area contributed by atoms with Crippen LogP contribution in [0.25, 0.3) is 0 Å². The first-order valence-electron chi connectivity index (χ1n) is 8.13. The summed E-state index contributed by atoms with van der Waals surface area (Å²) in [6, 6.07) is 10.4. The van der Waals surface area contributed by atoms with Crippen molar-refractivity contribution in [2.24, 2.45) is 0 Å². The molecule has 1 saturated heterocycles. The second-order valence-corrected chi connectivity index (χ2v) is 7.17. The molecule has 2 aromatic rings. The zero-order valence-corrected chi connectivity index (χ0v) is 14.5. The van der Waals surface area contributed by atoms with Gasteiger partial charge in [-0.05, 0) is 5.56 Å². The molecule has 3 rings (SSSR count). The van der Waals surface area contributed by atoms with Crippen LogP contribution in [0.2, 0.25) is 0 Å². The number of rotatable bonds is 4. The van der Waals surface area contributed by atoms with Crippen LogP contribution in [0.5, 0.6) is 0 Å². The van der Waals surface area contributed by atoms with Gasteiger partial charge in [0.05, 0.1) is 10.7 Å². The minimum Gasteiger partial charge on any atom is -0.355 e. The van der Waals surface area contributed by atoms with E-state index in [0.29, 0.717) is 18.9 Å². The zero-order chi connectivity index (χ0) is 16.2. The number of nitrogens with zero attached hydrogens (tertiary/aromatic N) is 2. The van der Waals surface area contributed by atoms with Gasteiger partial charge in [-0.25, -0.2) is 4.98 Å². The highest BCUT2D eigenvalue weighted by Crippen LogP contribution is 2.28. The molecule has 0 spiro atoms. The van der Waals surface area contributed by atoms with Crippen molar-refractivity contribution in [1.82, 2.24) is 15.2 Å². The number of hydrogen-bond acceptors (Lipinski definition) is 4. The van der Waals surface area contributed by atoms with Crippen molar-refractivity contribution in [3.63, 3.8) is 0 Å². The average Bonchev–Trinajstić information content (AvgIpc) is 2.93. The van der Waals surface area contributed by atoms with Gasteiger partial charge in [-0.15, -0.1) is 11.3 Å². The second kappa shape index (κ2) is 7.23. The predicted molar refractivity (Wildman–Crippen MR) is 93.4 cm³/mol. The molecule has 1 amide bonds. The first-order chi connectivity index (χ1) is 11.1. The Morgan fingerprint density at radius 3 is 2.83 bits per heavy atom. The van der Waals surface area contributed by atoms with E-state index in [1.165, 1.54) is 10.6 Å². The highest BCUT2D eigenvalue weighted by atomic mass is 32.1. The van der Waals surface area contributed by atoms with Gasteiger partial charge in [0.2, 0.25) is 5.91 Å². The summed E-state index contributed by atoms with van der Waals surface area (Å²) in [5.74, 6) is 0.591. The Morgan fingerprint density at radius 2 is 2.13 bits per heavy atom. The van der Waals surface area contributed by atoms with E-state index in [-0.39, 0.29) is 11.9 Å². The molecule has 23 heavy (non-hydrogen) atoms. The van der Waals surface area contributed by atoms with Crippen molar-refractivity contribution in [2.75, 3.05) is 13.1 Å². The number of carbonyl (C=O) groups is 1. The quantitative estimate of drug-likeness (QED) is 0.936. The standard InChI is InChI=1S/C18H23N3OS/c1-13(2)18-20-15(12-23-18)11-21-9-8-19-17(22)10-16(21)14-6-4-3-5-7-14/h3-7,12-13,16H,8-11H2,1-2H3,(H,19,22)/t16-/m1/s1. The van der Waals surface area contributed by atoms with Gasteiger partial charge in [0, 0.05) is 43.4 Å². The van der Waals surface area contributed by atoms with E-state index in [9.17, 15) is 4.79 Å². The lowest BCUT2D eigenvalue weighted by atomic mass is 10.0. The van der Waals surface area contributed by atoms with Crippen LogP contribution < -0.4 is 5.32 Å². The number of carbonyl (C=O) groups excluding carboxylic acids is 1. The van der Waals surface area contributed by atoms with E-state index in [4.69, 9.17) is 4.98 Å². The summed E-state index contributed by atoms with van der Waals surface area (Å²) < 4.78 is 0. The first kappa shape index (κ1) is 16.1. The molecular formula is C18H23N3OS. The maximum absolute atomic E-state index is 12.0. The summed E-state index contributed by atoms with van der Waals surface area (Å²) in [5, 5.41) is 6.32. The van der Waals surface area contributed by atoms with E-state index in [0.717, 1.165) is 18.8 Å². The predicted octanol–water partition coefficient (Wildman–Crippen LogP) is 3.33. The average molecular weight is 329 g/mol. The molecule has 1 fully saturated rings. The van der Waals surface area contributed by atoms with E-state index < -0.39 is 0 Å². The summed E-state index contributed by atoms with van der Waals surface area (Å²) in [5.41, 5.74) is 2.30. The van der Waals surface area contributed by atoms with Crippen molar-refractivity contribution in [1.29, 1.82) is 0 Å². The van der Waals surface area contributed by atoms with E-state index in [1.54, 1.807) is 11.3 Å². The van der Waals surface area contributed by atoms with Crippen molar-refractivity contribution in [2.45, 2.75) is 38.8 Å². The molecule has 0 saturated carbocycles. The van der Waals surface area contributed by atoms with E-state index >= 15 is 0 Å². The molecule has 0 aliphatic carbocycles. The summed E-state index contributed by atoms with van der Waals surface area (Å²) >= 11 is 1.73. The lowest BCUT2D eigenvalue weighted by molar-refractivity contribution is -0.121. The smallest absolute Gasteiger partial charge is 0.221 e. The molecule has 2 heterocycles. The lowest BCUT2D eigenvalue weighted by Gasteiger charge is -2.28. The Balaban J connectivity index is 1.82. The van der Waals surface area contributed by atoms with Crippen molar-refractivity contribution < 1.29 is 4.79 Å². The minimum absolute atomic E-state index is 0.114. The Morgan fingerprint density at radius 1 is 1.35 bits per heavy atom. The van der Waals surface area contributed by atoms with Gasteiger partial charge in [0.15, 0.2) is 0 Å². The highest BCUT2D eigenvalue weighted by Gasteiger charge is 2.26. The molecule has 0 bridgehead atoms. The summed E-state index contributed by atoms with van der Waals surface area (Å²) in [6.45, 7) is 6.68. The highest BCUT2D eigenvalue weighted by molar-refractivity contribution is 7.09. The fourth-order valence-corrected chi connectivity index (χ4v) is 3.76. The Hall–Kier alpha value is -1.72. The molecule has 1 atom stereocenters. The molecule has 1 aliphatic heterocycles. The van der Waals surface area contributed by atoms with Gasteiger partial charge >= 0.3 is 0 Å². The number of hydrogen-bond donors (Lipinski definition) is 1. The molecule has 4 nitrogen and oxygen atoms in total. The summed E-state index contributed by atoms with van der Waals surface area (Å²) in [7, 11) is 0. The third kappa shape index (κ3) is 3.98. The maximum atomic E-state index is 12.0. The third-order valence-corrected chi connectivity index (χ3v) is 5.35. The van der Waals surface area contributed by atoms with Gasteiger partial charge in [0.25, 0.3) is 0 Å². The van der Waals surface area contributed by atoms with Crippen LogP contribution in [0.1, 0.15) is 48.5 Å². The van der Waals surface area contributed by atoms with Crippen molar-refractivity contribution >= 4 is 17.2 Å². The lowest BCUT2D eigenvalue weighted by Crippen LogP contribution is -2.30. The summed E-state index contributed by atoms with van der Waals surface area (Å²) in [4.78, 5) is 19.1. The topological polar surface area (TPSA) is 45.2 Å². The molecule has 0 unspecified atom stereocenters. The number of thiazole rings is 1. The Labute approximate surface area is 141 Å².